The molecule has 0 nitrogen and oxygen atoms in total. The van der Waals surface area contributed by atoms with E-state index in [4.69, 9.17) is 0 Å². The van der Waals surface area contributed by atoms with E-state index < -0.39 is 0 Å². The molecular weight excluding hydrogens is 168 g/mol. The lowest BCUT2D eigenvalue weighted by Crippen LogP contribution is -1.94. The first-order valence-corrected chi connectivity index (χ1v) is 6.61. The molecule has 3 saturated carbocycles. The van der Waals surface area contributed by atoms with Gasteiger partial charge in [-0.05, 0) is 43.4 Å². The summed E-state index contributed by atoms with van der Waals surface area (Å²) in [4.78, 5) is 0. The third-order valence-corrected chi connectivity index (χ3v) is 4.39. The lowest BCUT2D eigenvalue weighted by molar-refractivity contribution is 0.461. The highest BCUT2D eigenvalue weighted by molar-refractivity contribution is 5.20. The molecule has 0 aliphatic heterocycles. The van der Waals surface area contributed by atoms with Crippen molar-refractivity contribution in [1.29, 1.82) is 0 Å². The SMILES string of the molecule is C(=C1CC1)C1CC1CCC1CCCC1. The molecule has 0 N–H and O–H groups in total. The van der Waals surface area contributed by atoms with Crippen LogP contribution >= 0.6 is 0 Å². The molecule has 0 aromatic rings. The maximum atomic E-state index is 2.60. The van der Waals surface area contributed by atoms with Crippen molar-refractivity contribution in [3.8, 4) is 0 Å². The van der Waals surface area contributed by atoms with Crippen molar-refractivity contribution in [3.63, 3.8) is 0 Å². The van der Waals surface area contributed by atoms with Crippen molar-refractivity contribution in [3.05, 3.63) is 11.6 Å². The second-order valence-corrected chi connectivity index (χ2v) is 5.71. The Hall–Kier alpha value is -0.260. The Balaban J connectivity index is 1.36. The van der Waals surface area contributed by atoms with Gasteiger partial charge in [-0.15, -0.1) is 0 Å². The van der Waals surface area contributed by atoms with Crippen LogP contribution in [0.25, 0.3) is 0 Å². The van der Waals surface area contributed by atoms with Crippen molar-refractivity contribution in [2.24, 2.45) is 17.8 Å². The molecule has 3 rings (SSSR count). The summed E-state index contributed by atoms with van der Waals surface area (Å²) in [6.07, 6.45) is 16.2. The second-order valence-electron chi connectivity index (χ2n) is 5.71. The van der Waals surface area contributed by atoms with Gasteiger partial charge in [0.15, 0.2) is 0 Å². The smallest absolute Gasteiger partial charge is 0.0199 e. The molecule has 0 heteroatoms. The van der Waals surface area contributed by atoms with Gasteiger partial charge in [-0.25, -0.2) is 0 Å². The Kier molecular flexibility index (Phi) is 2.39. The summed E-state index contributed by atoms with van der Waals surface area (Å²) >= 11 is 0. The Morgan fingerprint density at radius 2 is 1.86 bits per heavy atom. The Bertz CT molecular complexity index is 226. The summed E-state index contributed by atoms with van der Waals surface area (Å²) in [5, 5.41) is 0. The number of hydrogen-bond donors (Lipinski definition) is 0. The molecule has 2 atom stereocenters. The minimum atomic E-state index is 1.02. The van der Waals surface area contributed by atoms with Gasteiger partial charge in [0.1, 0.15) is 0 Å². The molecule has 0 aromatic carbocycles. The summed E-state index contributed by atoms with van der Waals surface area (Å²) in [7, 11) is 0. The van der Waals surface area contributed by atoms with Crippen LogP contribution in [-0.4, -0.2) is 0 Å². The van der Waals surface area contributed by atoms with E-state index in [2.05, 4.69) is 6.08 Å². The molecule has 0 amide bonds. The number of rotatable bonds is 4. The molecule has 3 fully saturated rings. The van der Waals surface area contributed by atoms with Crippen LogP contribution < -0.4 is 0 Å². The van der Waals surface area contributed by atoms with Crippen LogP contribution in [0, 0.1) is 17.8 Å². The maximum Gasteiger partial charge on any atom is -0.0199 e. The molecule has 3 aliphatic rings. The predicted octanol–water partition coefficient (Wildman–Crippen LogP) is 4.31. The van der Waals surface area contributed by atoms with Crippen LogP contribution in [0.15, 0.2) is 11.6 Å². The fourth-order valence-electron chi connectivity index (χ4n) is 3.10. The summed E-state index contributed by atoms with van der Waals surface area (Å²) in [6.45, 7) is 0. The second kappa shape index (κ2) is 3.72. The van der Waals surface area contributed by atoms with E-state index >= 15 is 0 Å². The highest BCUT2D eigenvalue weighted by Gasteiger charge is 2.36. The molecule has 0 saturated heterocycles. The van der Waals surface area contributed by atoms with E-state index in [1.54, 1.807) is 31.3 Å². The average molecular weight is 190 g/mol. The Morgan fingerprint density at radius 3 is 2.57 bits per heavy atom. The zero-order chi connectivity index (χ0) is 9.38. The summed E-state index contributed by atoms with van der Waals surface area (Å²) in [6, 6.07) is 0. The minimum Gasteiger partial charge on any atom is -0.0819 e. The first-order valence-electron chi connectivity index (χ1n) is 6.61. The fraction of sp³-hybridized carbons (Fsp3) is 0.857. The molecule has 14 heavy (non-hydrogen) atoms. The first-order chi connectivity index (χ1) is 6.92. The third kappa shape index (κ3) is 2.21. The van der Waals surface area contributed by atoms with Crippen molar-refractivity contribution in [2.75, 3.05) is 0 Å². The van der Waals surface area contributed by atoms with Gasteiger partial charge in [0.2, 0.25) is 0 Å². The molecule has 0 bridgehead atoms. The van der Waals surface area contributed by atoms with Gasteiger partial charge in [0, 0.05) is 0 Å². The fourth-order valence-corrected chi connectivity index (χ4v) is 3.10. The molecular formula is C14H22. The molecule has 0 spiro atoms. The predicted molar refractivity (Wildman–Crippen MR) is 60.1 cm³/mol. The van der Waals surface area contributed by atoms with Crippen molar-refractivity contribution < 1.29 is 0 Å². The van der Waals surface area contributed by atoms with Crippen LogP contribution in [0.4, 0.5) is 0 Å². The highest BCUT2D eigenvalue weighted by Crippen LogP contribution is 2.47. The maximum absolute atomic E-state index is 2.60. The molecule has 0 aromatic heterocycles. The van der Waals surface area contributed by atoms with Gasteiger partial charge in [0.05, 0.1) is 0 Å². The van der Waals surface area contributed by atoms with E-state index in [-0.39, 0.29) is 0 Å². The number of hydrogen-bond acceptors (Lipinski definition) is 0. The summed E-state index contributed by atoms with van der Waals surface area (Å²) in [5.74, 6) is 3.24. The highest BCUT2D eigenvalue weighted by atomic mass is 14.4. The molecule has 0 radical (unpaired) electrons. The number of allylic oxidation sites excluding steroid dienone is 2. The minimum absolute atomic E-state index is 1.02. The van der Waals surface area contributed by atoms with Gasteiger partial charge in [-0.2, -0.15) is 0 Å². The van der Waals surface area contributed by atoms with Crippen LogP contribution in [0.1, 0.15) is 57.8 Å². The molecule has 3 aliphatic carbocycles. The van der Waals surface area contributed by atoms with Gasteiger partial charge in [-0.1, -0.05) is 43.8 Å². The van der Waals surface area contributed by atoms with Gasteiger partial charge in [0.25, 0.3) is 0 Å². The van der Waals surface area contributed by atoms with E-state index in [1.165, 1.54) is 32.1 Å². The standard InChI is InChI=1S/C14H22/c1-2-4-11(3-1)7-8-13-10-14(13)9-12-5-6-12/h9,11,13-14H,1-8,10H2. The molecule has 78 valence electrons. The van der Waals surface area contributed by atoms with E-state index in [0.29, 0.717) is 0 Å². The van der Waals surface area contributed by atoms with Crippen molar-refractivity contribution >= 4 is 0 Å². The topological polar surface area (TPSA) is 0 Å². The summed E-state index contributed by atoms with van der Waals surface area (Å²) < 4.78 is 0. The van der Waals surface area contributed by atoms with Crippen molar-refractivity contribution in [2.45, 2.75) is 57.8 Å². The monoisotopic (exact) mass is 190 g/mol. The summed E-state index contributed by atoms with van der Waals surface area (Å²) in [5.41, 5.74) is 1.76. The van der Waals surface area contributed by atoms with Crippen LogP contribution in [0.5, 0.6) is 0 Å². The molecule has 0 heterocycles. The Morgan fingerprint density at radius 1 is 1.07 bits per heavy atom. The largest absolute Gasteiger partial charge is 0.0819 e. The van der Waals surface area contributed by atoms with Gasteiger partial charge < -0.3 is 0 Å². The Labute approximate surface area is 87.8 Å². The average Bonchev–Trinajstić information content (AvgIpc) is 3.09. The van der Waals surface area contributed by atoms with E-state index in [0.717, 1.165) is 17.8 Å². The lowest BCUT2D eigenvalue weighted by Gasteiger charge is -2.06. The zero-order valence-corrected chi connectivity index (χ0v) is 9.17. The van der Waals surface area contributed by atoms with Gasteiger partial charge in [-0.3, -0.25) is 0 Å². The van der Waals surface area contributed by atoms with Crippen LogP contribution in [0.2, 0.25) is 0 Å². The zero-order valence-electron chi connectivity index (χ0n) is 9.17. The third-order valence-electron chi connectivity index (χ3n) is 4.39. The van der Waals surface area contributed by atoms with E-state index in [1.807, 2.05) is 0 Å². The van der Waals surface area contributed by atoms with Gasteiger partial charge >= 0.3 is 0 Å². The first kappa shape index (κ1) is 9.00. The molecule has 2 unspecified atom stereocenters. The quantitative estimate of drug-likeness (QED) is 0.579. The lowest BCUT2D eigenvalue weighted by atomic mass is 9.99. The van der Waals surface area contributed by atoms with E-state index in [9.17, 15) is 0 Å². The van der Waals surface area contributed by atoms with Crippen LogP contribution in [-0.2, 0) is 0 Å². The van der Waals surface area contributed by atoms with Crippen molar-refractivity contribution in [1.82, 2.24) is 0 Å². The van der Waals surface area contributed by atoms with Crippen LogP contribution in [0.3, 0.4) is 0 Å². The normalized spacial score (nSPS) is 36.1.